The van der Waals surface area contributed by atoms with Crippen LogP contribution >= 0.6 is 0 Å². The normalized spacial score (nSPS) is 21.9. The Morgan fingerprint density at radius 3 is 2.58 bits per heavy atom. The monoisotopic (exact) mass is 270 g/mol. The lowest BCUT2D eigenvalue weighted by molar-refractivity contribution is -0.136. The lowest BCUT2D eigenvalue weighted by Gasteiger charge is -2.37. The first-order valence-corrected chi connectivity index (χ1v) is 6.79. The van der Waals surface area contributed by atoms with Crippen molar-refractivity contribution in [2.75, 3.05) is 19.6 Å². The molecule has 3 amide bonds. The van der Waals surface area contributed by atoms with Crippen LogP contribution in [0.4, 0.5) is 4.79 Å². The van der Waals surface area contributed by atoms with Crippen molar-refractivity contribution in [2.24, 2.45) is 22.8 Å². The summed E-state index contributed by atoms with van der Waals surface area (Å²) in [6.45, 7) is 7.80. The highest BCUT2D eigenvalue weighted by molar-refractivity contribution is 5.82. The van der Waals surface area contributed by atoms with Crippen LogP contribution in [0.15, 0.2) is 0 Å². The second kappa shape index (κ2) is 6.23. The Morgan fingerprint density at radius 1 is 1.42 bits per heavy atom. The molecule has 0 spiro atoms. The van der Waals surface area contributed by atoms with E-state index in [0.717, 1.165) is 19.4 Å². The molecule has 0 aromatic heterocycles. The second-order valence-electron chi connectivity index (χ2n) is 6.38. The minimum absolute atomic E-state index is 0.00345. The van der Waals surface area contributed by atoms with E-state index in [1.54, 1.807) is 0 Å². The number of hydrogen-bond acceptors (Lipinski definition) is 3. The van der Waals surface area contributed by atoms with E-state index in [9.17, 15) is 9.59 Å². The molecule has 5 N–H and O–H groups in total. The van der Waals surface area contributed by atoms with E-state index >= 15 is 0 Å². The van der Waals surface area contributed by atoms with Gasteiger partial charge in [0.2, 0.25) is 5.91 Å². The van der Waals surface area contributed by atoms with Gasteiger partial charge in [-0.15, -0.1) is 0 Å². The fourth-order valence-electron chi connectivity index (χ4n) is 2.24. The van der Waals surface area contributed by atoms with Crippen LogP contribution in [0.5, 0.6) is 0 Å². The van der Waals surface area contributed by atoms with E-state index < -0.39 is 12.1 Å². The number of urea groups is 1. The Balaban J connectivity index is 2.54. The van der Waals surface area contributed by atoms with E-state index in [2.05, 4.69) is 5.32 Å². The molecule has 110 valence electrons. The summed E-state index contributed by atoms with van der Waals surface area (Å²) in [5.74, 6) is 0.258. The van der Waals surface area contributed by atoms with Gasteiger partial charge in [-0.3, -0.25) is 4.79 Å². The van der Waals surface area contributed by atoms with Gasteiger partial charge < -0.3 is 21.7 Å². The summed E-state index contributed by atoms with van der Waals surface area (Å²) in [7, 11) is 0. The maximum atomic E-state index is 12.3. The number of amides is 3. The van der Waals surface area contributed by atoms with Gasteiger partial charge in [-0.05, 0) is 24.2 Å². The Kier molecular flexibility index (Phi) is 5.17. The first-order chi connectivity index (χ1) is 8.71. The summed E-state index contributed by atoms with van der Waals surface area (Å²) in [6, 6.07) is -1.01. The van der Waals surface area contributed by atoms with Gasteiger partial charge in [-0.25, -0.2) is 4.79 Å². The van der Waals surface area contributed by atoms with Gasteiger partial charge in [0.1, 0.15) is 0 Å². The Morgan fingerprint density at radius 2 is 2.05 bits per heavy atom. The average Bonchev–Trinajstić information content (AvgIpc) is 2.33. The van der Waals surface area contributed by atoms with Crippen molar-refractivity contribution in [1.82, 2.24) is 10.2 Å². The quantitative estimate of drug-likeness (QED) is 0.686. The van der Waals surface area contributed by atoms with Gasteiger partial charge in [0.05, 0.1) is 6.04 Å². The molecule has 1 aliphatic rings. The molecule has 1 heterocycles. The molecule has 6 heteroatoms. The fraction of sp³-hybridized carbons (Fsp3) is 0.846. The Bertz CT molecular complexity index is 338. The number of likely N-dealkylation sites (tertiary alicyclic amines) is 1. The summed E-state index contributed by atoms with van der Waals surface area (Å²) in [5.41, 5.74) is 10.8. The minimum Gasteiger partial charge on any atom is -0.352 e. The van der Waals surface area contributed by atoms with Crippen molar-refractivity contribution < 1.29 is 9.59 Å². The third-order valence-electron chi connectivity index (χ3n) is 3.59. The van der Waals surface area contributed by atoms with Gasteiger partial charge in [0.25, 0.3) is 0 Å². The molecule has 19 heavy (non-hydrogen) atoms. The zero-order valence-electron chi connectivity index (χ0n) is 12.1. The van der Waals surface area contributed by atoms with Crippen LogP contribution in [-0.4, -0.2) is 42.5 Å². The molecule has 0 aliphatic carbocycles. The third-order valence-corrected chi connectivity index (χ3v) is 3.59. The van der Waals surface area contributed by atoms with E-state index in [-0.39, 0.29) is 17.2 Å². The zero-order valence-corrected chi connectivity index (χ0v) is 12.1. The van der Waals surface area contributed by atoms with E-state index in [1.165, 1.54) is 0 Å². The van der Waals surface area contributed by atoms with Crippen molar-refractivity contribution in [3.8, 4) is 0 Å². The number of primary amides is 1. The largest absolute Gasteiger partial charge is 0.352 e. The van der Waals surface area contributed by atoms with Gasteiger partial charge in [0, 0.05) is 19.6 Å². The number of piperidine rings is 1. The maximum Gasteiger partial charge on any atom is 0.312 e. The summed E-state index contributed by atoms with van der Waals surface area (Å²) < 4.78 is 0. The molecular weight excluding hydrogens is 244 g/mol. The molecular formula is C13H26N4O2. The van der Waals surface area contributed by atoms with Crippen molar-refractivity contribution in [3.63, 3.8) is 0 Å². The predicted octanol–water partition coefficient (Wildman–Crippen LogP) is 0.267. The molecule has 0 bridgehead atoms. The Hall–Kier alpha value is -1.30. The van der Waals surface area contributed by atoms with Crippen LogP contribution in [0.25, 0.3) is 0 Å². The third kappa shape index (κ3) is 4.70. The van der Waals surface area contributed by atoms with Crippen molar-refractivity contribution >= 4 is 11.9 Å². The molecule has 0 aromatic carbocycles. The molecule has 1 unspecified atom stereocenters. The van der Waals surface area contributed by atoms with Crippen LogP contribution in [0.2, 0.25) is 0 Å². The molecule has 1 saturated heterocycles. The molecule has 0 radical (unpaired) electrons. The maximum absolute atomic E-state index is 12.3. The van der Waals surface area contributed by atoms with Crippen LogP contribution < -0.4 is 16.8 Å². The van der Waals surface area contributed by atoms with E-state index in [1.807, 2.05) is 25.7 Å². The lowest BCUT2D eigenvalue weighted by Crippen LogP contribution is -2.53. The average molecular weight is 270 g/mol. The van der Waals surface area contributed by atoms with Crippen LogP contribution in [0.1, 0.15) is 33.6 Å². The van der Waals surface area contributed by atoms with Gasteiger partial charge in [-0.1, -0.05) is 20.8 Å². The summed E-state index contributed by atoms with van der Waals surface area (Å²) in [5, 5.41) is 2.60. The number of nitrogens with zero attached hydrogens (tertiary/aromatic N) is 1. The summed E-state index contributed by atoms with van der Waals surface area (Å²) >= 11 is 0. The van der Waals surface area contributed by atoms with E-state index in [0.29, 0.717) is 13.1 Å². The predicted molar refractivity (Wildman–Crippen MR) is 74.3 cm³/mol. The van der Waals surface area contributed by atoms with Gasteiger partial charge in [-0.2, -0.15) is 0 Å². The SMILES string of the molecule is CC(C)(C)[C@H](N)C(=O)N1CCCC(CNC(N)=O)C1. The number of carbonyl (C=O) groups excluding carboxylic acids is 2. The molecule has 6 nitrogen and oxygen atoms in total. The lowest BCUT2D eigenvalue weighted by atomic mass is 9.86. The number of carbonyl (C=O) groups is 2. The summed E-state index contributed by atoms with van der Waals surface area (Å²) in [6.07, 6.45) is 1.93. The van der Waals surface area contributed by atoms with Crippen LogP contribution in [-0.2, 0) is 4.79 Å². The van der Waals surface area contributed by atoms with Crippen molar-refractivity contribution in [1.29, 1.82) is 0 Å². The minimum atomic E-state index is -0.519. The van der Waals surface area contributed by atoms with Crippen molar-refractivity contribution in [3.05, 3.63) is 0 Å². The highest BCUT2D eigenvalue weighted by Gasteiger charge is 2.33. The highest BCUT2D eigenvalue weighted by atomic mass is 16.2. The second-order valence-corrected chi connectivity index (χ2v) is 6.38. The standard InChI is InChI=1S/C13H26N4O2/c1-13(2,3)10(14)11(18)17-6-4-5-9(8-17)7-16-12(15)19/h9-10H,4-8,14H2,1-3H3,(H3,15,16,19)/t9?,10-/m1/s1. The topological polar surface area (TPSA) is 101 Å². The fourth-order valence-corrected chi connectivity index (χ4v) is 2.24. The number of nitrogens with one attached hydrogen (secondary N) is 1. The molecule has 1 aliphatic heterocycles. The molecule has 1 rings (SSSR count). The van der Waals surface area contributed by atoms with E-state index in [4.69, 9.17) is 11.5 Å². The smallest absolute Gasteiger partial charge is 0.312 e. The van der Waals surface area contributed by atoms with Gasteiger partial charge in [0.15, 0.2) is 0 Å². The number of rotatable bonds is 3. The molecule has 0 saturated carbocycles. The van der Waals surface area contributed by atoms with Crippen LogP contribution in [0, 0.1) is 11.3 Å². The summed E-state index contributed by atoms with van der Waals surface area (Å²) in [4.78, 5) is 24.8. The highest BCUT2D eigenvalue weighted by Crippen LogP contribution is 2.22. The number of nitrogens with two attached hydrogens (primary N) is 2. The molecule has 1 fully saturated rings. The Labute approximate surface area is 114 Å². The van der Waals surface area contributed by atoms with Gasteiger partial charge >= 0.3 is 6.03 Å². The molecule has 2 atom stereocenters. The first-order valence-electron chi connectivity index (χ1n) is 6.79. The van der Waals surface area contributed by atoms with Crippen LogP contribution in [0.3, 0.4) is 0 Å². The van der Waals surface area contributed by atoms with Crippen molar-refractivity contribution in [2.45, 2.75) is 39.7 Å². The zero-order chi connectivity index (χ0) is 14.6. The first kappa shape index (κ1) is 15.8. The molecule has 0 aromatic rings. The number of hydrogen-bond donors (Lipinski definition) is 3.